The van der Waals surface area contributed by atoms with Gasteiger partial charge in [-0.1, -0.05) is 97.1 Å². The second kappa shape index (κ2) is 12.1. The van der Waals surface area contributed by atoms with Gasteiger partial charge in [0.25, 0.3) is 0 Å². The van der Waals surface area contributed by atoms with Gasteiger partial charge in [0, 0.05) is 50.4 Å². The molecule has 0 radical (unpaired) electrons. The topological polar surface area (TPSA) is 34.0 Å². The Morgan fingerprint density at radius 1 is 0.712 bits per heavy atom. The van der Waals surface area contributed by atoms with E-state index in [-0.39, 0.29) is 0 Å². The summed E-state index contributed by atoms with van der Waals surface area (Å²) < 4.78 is 21.7. The lowest BCUT2D eigenvalue weighted by atomic mass is 9.99. The largest absolute Gasteiger partial charge is 0.327 e. The average Bonchev–Trinajstić information content (AvgIpc) is 3.75. The molecule has 0 saturated carbocycles. The molecule has 3 atom stereocenters. The number of halogens is 1. The molecule has 0 spiro atoms. The number of nitrogens with zero attached hydrogens (tertiary/aromatic N) is 4. The molecule has 4 heterocycles. The standard InChI is InChI=1S/C44H32FN4PSSi/c1-48-34-18-7-6-17-33(34)47-44(48)30-13-11-12-28(26-30)42(45)29-21-24-39-36(27-29)49(40-20-9-10-25-46-40)35-22-23-38-41(32-16-5-8-19-37(32)51-38)43(35)52(39,50)31-14-3-2-4-15-31/h2-27,42H,50H2,1H3. The molecule has 10 rings (SSSR count). The van der Waals surface area contributed by atoms with Crippen LogP contribution in [-0.4, -0.2) is 22.3 Å². The quantitative estimate of drug-likeness (QED) is 0.131. The second-order valence-corrected chi connectivity index (χ2v) is 20.3. The normalized spacial score (nSPS) is 15.9. The molecule has 0 fully saturated rings. The van der Waals surface area contributed by atoms with Gasteiger partial charge in [-0.05, 0) is 81.3 Å². The molecule has 3 unspecified atom stereocenters. The monoisotopic (exact) mass is 726 g/mol. The minimum Gasteiger partial charge on any atom is -0.327 e. The van der Waals surface area contributed by atoms with Gasteiger partial charge in [0.15, 0.2) is 13.9 Å². The van der Waals surface area contributed by atoms with Gasteiger partial charge in [-0.2, -0.15) is 0 Å². The van der Waals surface area contributed by atoms with E-state index in [4.69, 9.17) is 9.97 Å². The summed E-state index contributed by atoms with van der Waals surface area (Å²) in [4.78, 5) is 12.0. The first-order valence-corrected chi connectivity index (χ1v) is 21.9. The minimum absolute atomic E-state index is 0.592. The maximum Gasteiger partial charge on any atom is 0.174 e. The van der Waals surface area contributed by atoms with Gasteiger partial charge in [-0.3, -0.25) is 4.90 Å². The first kappa shape index (κ1) is 31.3. The predicted molar refractivity (Wildman–Crippen MR) is 222 cm³/mol. The van der Waals surface area contributed by atoms with Crippen LogP contribution in [0, 0.1) is 0 Å². The smallest absolute Gasteiger partial charge is 0.174 e. The summed E-state index contributed by atoms with van der Waals surface area (Å²) in [5.41, 5.74) is 6.08. The molecule has 0 bridgehead atoms. The van der Waals surface area contributed by atoms with Crippen molar-refractivity contribution in [2.45, 2.75) is 6.17 Å². The summed E-state index contributed by atoms with van der Waals surface area (Å²) in [7, 11) is 2.64. The zero-order valence-corrected chi connectivity index (χ0v) is 31.2. The summed E-state index contributed by atoms with van der Waals surface area (Å²) in [6, 6.07) is 52.1. The number of hydrogen-bond acceptors (Lipinski definition) is 4. The Kier molecular flexibility index (Phi) is 7.26. The Bertz CT molecular complexity index is 2820. The Hall–Kier alpha value is -5.46. The van der Waals surface area contributed by atoms with Crippen LogP contribution in [0.5, 0.6) is 0 Å². The fourth-order valence-corrected chi connectivity index (χ4v) is 15.2. The number of hydrogen-bond donors (Lipinski definition) is 0. The summed E-state index contributed by atoms with van der Waals surface area (Å²) >= 11 is 1.84. The van der Waals surface area contributed by atoms with Crippen molar-refractivity contribution >= 4 is 91.8 Å². The molecule has 52 heavy (non-hydrogen) atoms. The van der Waals surface area contributed by atoms with Crippen molar-refractivity contribution < 1.29 is 4.39 Å². The molecule has 3 aromatic heterocycles. The van der Waals surface area contributed by atoms with Gasteiger partial charge < -0.3 is 4.57 Å². The number of fused-ring (bicyclic) bond motifs is 7. The van der Waals surface area contributed by atoms with Crippen molar-refractivity contribution in [1.82, 2.24) is 14.5 Å². The molecule has 1 aliphatic heterocycles. The van der Waals surface area contributed by atoms with Crippen molar-refractivity contribution in [3.05, 3.63) is 169 Å². The third kappa shape index (κ3) is 4.66. The lowest BCUT2D eigenvalue weighted by Gasteiger charge is -2.43. The molecule has 0 amide bonds. The van der Waals surface area contributed by atoms with Crippen molar-refractivity contribution in [2.24, 2.45) is 7.05 Å². The van der Waals surface area contributed by atoms with E-state index in [1.807, 2.05) is 91.3 Å². The van der Waals surface area contributed by atoms with E-state index in [1.165, 1.54) is 35.7 Å². The minimum atomic E-state index is -2.77. The Labute approximate surface area is 307 Å². The van der Waals surface area contributed by atoms with E-state index >= 15 is 4.39 Å². The lowest BCUT2D eigenvalue weighted by Crippen LogP contribution is -2.66. The lowest BCUT2D eigenvalue weighted by molar-refractivity contribution is 0.402. The SMILES string of the molecule is Cn1c(-c2cccc(C(F)c3ccc4c(c3)N(c3ccccn3)c3ccc5sc6ccccc6c5c3[Si]4(P)c3ccccc3)c2)nc2ccccc21. The van der Waals surface area contributed by atoms with E-state index in [0.29, 0.717) is 11.1 Å². The van der Waals surface area contributed by atoms with Crippen LogP contribution in [0.15, 0.2) is 158 Å². The first-order chi connectivity index (χ1) is 25.5. The zero-order valence-electron chi connectivity index (χ0n) is 28.2. The molecular weight excluding hydrogens is 695 g/mol. The summed E-state index contributed by atoms with van der Waals surface area (Å²) in [5, 5.41) is 6.37. The van der Waals surface area contributed by atoms with E-state index in [2.05, 4.69) is 103 Å². The highest BCUT2D eigenvalue weighted by molar-refractivity contribution is 7.79. The number of alkyl halides is 1. The molecule has 0 saturated heterocycles. The summed E-state index contributed by atoms with van der Waals surface area (Å²) in [6.45, 7) is 0. The van der Waals surface area contributed by atoms with Crippen LogP contribution in [0.4, 0.5) is 21.6 Å². The number of aryl methyl sites for hydroxylation is 1. The van der Waals surface area contributed by atoms with Crippen LogP contribution in [0.1, 0.15) is 17.3 Å². The van der Waals surface area contributed by atoms with E-state index < -0.39 is 13.9 Å². The van der Waals surface area contributed by atoms with E-state index in [1.54, 1.807) is 0 Å². The number of para-hydroxylation sites is 2. The van der Waals surface area contributed by atoms with Crippen LogP contribution >= 0.6 is 20.1 Å². The average molecular weight is 727 g/mol. The van der Waals surface area contributed by atoms with Crippen LogP contribution in [-0.2, 0) is 7.05 Å². The molecule has 4 nitrogen and oxygen atoms in total. The van der Waals surface area contributed by atoms with Gasteiger partial charge in [0.2, 0.25) is 0 Å². The number of thiophene rings is 1. The molecule has 6 aromatic carbocycles. The number of benzene rings is 6. The molecular formula is C44H32FN4PSSi. The predicted octanol–water partition coefficient (Wildman–Crippen LogP) is 9.69. The van der Waals surface area contributed by atoms with E-state index in [9.17, 15) is 0 Å². The molecule has 8 heteroatoms. The van der Waals surface area contributed by atoms with Gasteiger partial charge in [-0.15, -0.1) is 20.1 Å². The van der Waals surface area contributed by atoms with Gasteiger partial charge >= 0.3 is 0 Å². The third-order valence-corrected chi connectivity index (χ3v) is 18.2. The highest BCUT2D eigenvalue weighted by Crippen LogP contribution is 2.45. The van der Waals surface area contributed by atoms with Gasteiger partial charge in [-0.25, -0.2) is 14.4 Å². The number of pyridine rings is 1. The Morgan fingerprint density at radius 2 is 1.50 bits per heavy atom. The number of aromatic nitrogens is 3. The molecule has 9 aromatic rings. The Balaban J connectivity index is 1.19. The zero-order chi connectivity index (χ0) is 35.0. The number of anilines is 3. The number of imidazole rings is 1. The fourth-order valence-electron chi connectivity index (χ4n) is 8.05. The van der Waals surface area contributed by atoms with Crippen LogP contribution in [0.25, 0.3) is 42.6 Å². The van der Waals surface area contributed by atoms with Crippen molar-refractivity contribution in [1.29, 1.82) is 0 Å². The van der Waals surface area contributed by atoms with Crippen molar-refractivity contribution in [2.75, 3.05) is 4.90 Å². The van der Waals surface area contributed by atoms with Crippen LogP contribution in [0.3, 0.4) is 0 Å². The highest BCUT2D eigenvalue weighted by Gasteiger charge is 2.46. The second-order valence-electron chi connectivity index (χ2n) is 13.4. The van der Waals surface area contributed by atoms with Gasteiger partial charge in [0.1, 0.15) is 11.6 Å². The molecule has 0 aliphatic carbocycles. The summed E-state index contributed by atoms with van der Waals surface area (Å²) in [5.74, 6) is 1.61. The first-order valence-electron chi connectivity index (χ1n) is 17.3. The van der Waals surface area contributed by atoms with Crippen LogP contribution < -0.4 is 20.5 Å². The number of rotatable bonds is 5. The van der Waals surface area contributed by atoms with Gasteiger partial charge in [0.05, 0.1) is 11.0 Å². The maximum atomic E-state index is 17.1. The van der Waals surface area contributed by atoms with Crippen LogP contribution in [0.2, 0.25) is 0 Å². The van der Waals surface area contributed by atoms with Crippen molar-refractivity contribution in [3.8, 4) is 11.4 Å². The molecule has 0 N–H and O–H groups in total. The fraction of sp³-hybridized carbons (Fsp3) is 0.0455. The molecule has 1 aliphatic rings. The highest BCUT2D eigenvalue weighted by atomic mass is 32.1. The van der Waals surface area contributed by atoms with E-state index in [0.717, 1.165) is 39.6 Å². The Morgan fingerprint density at radius 3 is 2.35 bits per heavy atom. The maximum absolute atomic E-state index is 17.1. The summed E-state index contributed by atoms with van der Waals surface area (Å²) in [6.07, 6.45) is 0.478. The van der Waals surface area contributed by atoms with Crippen molar-refractivity contribution in [3.63, 3.8) is 0 Å². The molecule has 250 valence electrons. The third-order valence-electron chi connectivity index (χ3n) is 10.5.